The Morgan fingerprint density at radius 1 is 0.973 bits per heavy atom. The van der Waals surface area contributed by atoms with E-state index < -0.39 is 28.0 Å². The lowest BCUT2D eigenvalue weighted by Crippen LogP contribution is -2.54. The second-order valence-electron chi connectivity index (χ2n) is 8.13. The number of rotatable bonds is 6. The number of para-hydroxylation sites is 1. The molecular formula is C26H21ClN2O7S. The van der Waals surface area contributed by atoms with Crippen LogP contribution in [0.5, 0.6) is 11.5 Å². The zero-order chi connectivity index (χ0) is 26.9. The van der Waals surface area contributed by atoms with Gasteiger partial charge in [0.05, 0.1) is 17.8 Å². The van der Waals surface area contributed by atoms with Crippen molar-refractivity contribution < 1.29 is 31.7 Å². The lowest BCUT2D eigenvalue weighted by atomic mass is 10.1. The molecule has 1 saturated heterocycles. The molecule has 1 aliphatic heterocycles. The second kappa shape index (κ2) is 10.1. The number of hydrogen-bond acceptors (Lipinski definition) is 7. The Morgan fingerprint density at radius 2 is 1.65 bits per heavy atom. The van der Waals surface area contributed by atoms with Crippen molar-refractivity contribution in [1.29, 1.82) is 0 Å². The summed E-state index contributed by atoms with van der Waals surface area (Å²) in [7, 11) is -2.95. The molecule has 1 aliphatic rings. The predicted octanol–water partition coefficient (Wildman–Crippen LogP) is 4.40. The zero-order valence-electron chi connectivity index (χ0n) is 19.9. The van der Waals surface area contributed by atoms with Crippen LogP contribution in [0, 0.1) is 13.8 Å². The monoisotopic (exact) mass is 540 g/mol. The molecule has 9 nitrogen and oxygen atoms in total. The Morgan fingerprint density at radius 3 is 2.30 bits per heavy atom. The van der Waals surface area contributed by atoms with E-state index in [0.717, 1.165) is 10.5 Å². The summed E-state index contributed by atoms with van der Waals surface area (Å²) in [6, 6.07) is 14.6. The second-order valence-corrected chi connectivity index (χ2v) is 10.1. The number of methoxy groups -OCH3 is 1. The van der Waals surface area contributed by atoms with Gasteiger partial charge in [0.1, 0.15) is 10.5 Å². The Hall–Kier alpha value is -4.15. The van der Waals surface area contributed by atoms with E-state index in [-0.39, 0.29) is 32.6 Å². The SMILES string of the molecule is COc1cc(/C=C2\C(=O)NC(=O)N(c3ccccc3C)C2=O)cc(Cl)c1OS(=O)(=O)c1ccc(C)cc1. The van der Waals surface area contributed by atoms with Crippen LogP contribution in [0.3, 0.4) is 0 Å². The Labute approximate surface area is 218 Å². The van der Waals surface area contributed by atoms with Crippen molar-refractivity contribution in [3.63, 3.8) is 0 Å². The van der Waals surface area contributed by atoms with Crippen LogP contribution in [0.15, 0.2) is 71.1 Å². The number of urea groups is 1. The van der Waals surface area contributed by atoms with E-state index >= 15 is 0 Å². The Balaban J connectivity index is 1.71. The molecule has 190 valence electrons. The van der Waals surface area contributed by atoms with Gasteiger partial charge in [0, 0.05) is 0 Å². The van der Waals surface area contributed by atoms with Gasteiger partial charge in [-0.3, -0.25) is 14.9 Å². The van der Waals surface area contributed by atoms with E-state index in [4.69, 9.17) is 20.5 Å². The summed E-state index contributed by atoms with van der Waals surface area (Å²) in [6.07, 6.45) is 1.22. The molecule has 4 amide bonds. The van der Waals surface area contributed by atoms with Gasteiger partial charge in [-0.25, -0.2) is 9.69 Å². The molecular weight excluding hydrogens is 520 g/mol. The number of halogens is 1. The van der Waals surface area contributed by atoms with Crippen LogP contribution in [0.4, 0.5) is 10.5 Å². The third kappa shape index (κ3) is 5.20. The number of barbiturate groups is 1. The maximum absolute atomic E-state index is 13.2. The average molecular weight is 541 g/mol. The van der Waals surface area contributed by atoms with Crippen LogP contribution in [-0.4, -0.2) is 33.4 Å². The minimum Gasteiger partial charge on any atom is -0.493 e. The Bertz CT molecular complexity index is 1560. The quantitative estimate of drug-likeness (QED) is 0.279. The van der Waals surface area contributed by atoms with Crippen LogP contribution in [0.1, 0.15) is 16.7 Å². The number of nitrogens with zero attached hydrogens (tertiary/aromatic N) is 1. The third-order valence-corrected chi connectivity index (χ3v) is 7.04. The highest BCUT2D eigenvalue weighted by molar-refractivity contribution is 7.87. The summed E-state index contributed by atoms with van der Waals surface area (Å²) in [6.45, 7) is 3.54. The molecule has 4 rings (SSSR count). The molecule has 37 heavy (non-hydrogen) atoms. The number of anilines is 1. The minimum absolute atomic E-state index is 0.0504. The maximum atomic E-state index is 13.2. The number of aryl methyl sites for hydroxylation is 2. The normalized spacial score (nSPS) is 15.1. The number of carbonyl (C=O) groups is 3. The van der Waals surface area contributed by atoms with Gasteiger partial charge in [-0.05, 0) is 61.4 Å². The largest absolute Gasteiger partial charge is 0.493 e. The molecule has 0 spiro atoms. The summed E-state index contributed by atoms with van der Waals surface area (Å²) < 4.78 is 36.1. The number of ether oxygens (including phenoxy) is 1. The lowest BCUT2D eigenvalue weighted by molar-refractivity contribution is -0.122. The molecule has 1 N–H and O–H groups in total. The van der Waals surface area contributed by atoms with Gasteiger partial charge in [0.15, 0.2) is 5.75 Å². The van der Waals surface area contributed by atoms with E-state index in [0.29, 0.717) is 11.3 Å². The first-order valence-electron chi connectivity index (χ1n) is 10.9. The van der Waals surface area contributed by atoms with Crippen LogP contribution in [-0.2, 0) is 19.7 Å². The lowest BCUT2D eigenvalue weighted by Gasteiger charge is -2.27. The summed E-state index contributed by atoms with van der Waals surface area (Å²) in [4.78, 5) is 39.0. The Kier molecular flexibility index (Phi) is 7.06. The van der Waals surface area contributed by atoms with E-state index in [2.05, 4.69) is 5.32 Å². The number of nitrogens with one attached hydrogen (secondary N) is 1. The van der Waals surface area contributed by atoms with Gasteiger partial charge in [-0.2, -0.15) is 8.42 Å². The third-order valence-electron chi connectivity index (χ3n) is 5.52. The van der Waals surface area contributed by atoms with E-state index in [1.165, 1.54) is 37.5 Å². The molecule has 0 saturated carbocycles. The number of amides is 4. The molecule has 0 radical (unpaired) electrons. The molecule has 0 aliphatic carbocycles. The first kappa shape index (κ1) is 25.9. The minimum atomic E-state index is -4.23. The van der Waals surface area contributed by atoms with Crippen LogP contribution in [0.2, 0.25) is 5.02 Å². The topological polar surface area (TPSA) is 119 Å². The van der Waals surface area contributed by atoms with Crippen molar-refractivity contribution in [2.45, 2.75) is 18.7 Å². The van der Waals surface area contributed by atoms with Crippen LogP contribution in [0.25, 0.3) is 6.08 Å². The van der Waals surface area contributed by atoms with E-state index in [9.17, 15) is 22.8 Å². The fourth-order valence-electron chi connectivity index (χ4n) is 3.62. The molecule has 0 bridgehead atoms. The standard InChI is InChI=1S/C26H21ClN2O7S/c1-15-8-10-18(11-9-15)37(33,34)36-23-20(27)13-17(14-22(23)35-3)12-19-24(30)28-26(32)29(25(19)31)21-7-5-4-6-16(21)2/h4-14H,1-3H3,(H,28,30,32)/b19-12+. The maximum Gasteiger partial charge on any atom is 0.339 e. The van der Waals surface area contributed by atoms with Gasteiger partial charge >= 0.3 is 16.1 Å². The van der Waals surface area contributed by atoms with Gasteiger partial charge in [0.25, 0.3) is 11.8 Å². The molecule has 1 fully saturated rings. The molecule has 0 aromatic heterocycles. The highest BCUT2D eigenvalue weighted by atomic mass is 35.5. The molecule has 3 aromatic rings. The summed E-state index contributed by atoms with van der Waals surface area (Å²) in [5.41, 5.74) is 1.75. The van der Waals surface area contributed by atoms with Crippen molar-refractivity contribution in [3.8, 4) is 11.5 Å². The molecule has 1 heterocycles. The van der Waals surface area contributed by atoms with Gasteiger partial charge < -0.3 is 8.92 Å². The van der Waals surface area contributed by atoms with E-state index in [1.807, 2.05) is 6.92 Å². The first-order valence-corrected chi connectivity index (χ1v) is 12.7. The van der Waals surface area contributed by atoms with Crippen molar-refractivity contribution in [3.05, 3.63) is 87.9 Å². The van der Waals surface area contributed by atoms with Crippen molar-refractivity contribution in [1.82, 2.24) is 5.32 Å². The van der Waals surface area contributed by atoms with Crippen LogP contribution >= 0.6 is 11.6 Å². The van der Waals surface area contributed by atoms with Gasteiger partial charge in [-0.1, -0.05) is 47.5 Å². The number of benzene rings is 3. The van der Waals surface area contributed by atoms with Crippen LogP contribution < -0.4 is 19.1 Å². The van der Waals surface area contributed by atoms with Crippen molar-refractivity contribution in [2.24, 2.45) is 0 Å². The first-order chi connectivity index (χ1) is 17.5. The smallest absolute Gasteiger partial charge is 0.339 e. The number of imide groups is 2. The highest BCUT2D eigenvalue weighted by Crippen LogP contribution is 2.39. The fourth-order valence-corrected chi connectivity index (χ4v) is 4.88. The zero-order valence-corrected chi connectivity index (χ0v) is 21.5. The molecule has 0 atom stereocenters. The van der Waals surface area contributed by atoms with Crippen molar-refractivity contribution in [2.75, 3.05) is 12.0 Å². The molecule has 11 heteroatoms. The van der Waals surface area contributed by atoms with Crippen molar-refractivity contribution >= 4 is 51.3 Å². The summed E-state index contributed by atoms with van der Waals surface area (Å²) >= 11 is 6.34. The summed E-state index contributed by atoms with van der Waals surface area (Å²) in [5.74, 6) is -2.04. The summed E-state index contributed by atoms with van der Waals surface area (Å²) in [5, 5.41) is 2.01. The van der Waals surface area contributed by atoms with Gasteiger partial charge in [-0.15, -0.1) is 0 Å². The number of hydrogen-bond donors (Lipinski definition) is 1. The average Bonchev–Trinajstić information content (AvgIpc) is 2.84. The fraction of sp³-hybridized carbons (Fsp3) is 0.115. The van der Waals surface area contributed by atoms with E-state index in [1.54, 1.807) is 43.3 Å². The number of carbonyl (C=O) groups excluding carboxylic acids is 3. The highest BCUT2D eigenvalue weighted by Gasteiger charge is 2.37. The molecule has 0 unspecified atom stereocenters. The molecule has 3 aromatic carbocycles. The predicted molar refractivity (Wildman–Crippen MR) is 137 cm³/mol. The van der Waals surface area contributed by atoms with Gasteiger partial charge in [0.2, 0.25) is 5.75 Å².